The molecule has 2 aromatic carbocycles. The lowest BCUT2D eigenvalue weighted by atomic mass is 9.99. The second kappa shape index (κ2) is 10.4. The van der Waals surface area contributed by atoms with Crippen molar-refractivity contribution in [3.63, 3.8) is 0 Å². The fraction of sp³-hybridized carbons (Fsp3) is 0.333. The fourth-order valence-electron chi connectivity index (χ4n) is 4.69. The molecule has 9 heteroatoms. The summed E-state index contributed by atoms with van der Waals surface area (Å²) < 4.78 is 47.2. The Hall–Kier alpha value is -3.30. The van der Waals surface area contributed by atoms with E-state index in [1.165, 1.54) is 28.6 Å². The van der Waals surface area contributed by atoms with Crippen LogP contribution in [0.5, 0.6) is 0 Å². The molecule has 0 radical (unpaired) electrons. The highest BCUT2D eigenvalue weighted by Crippen LogP contribution is 2.30. The second-order valence-corrected chi connectivity index (χ2v) is 11.2. The maximum atomic E-state index is 13.7. The monoisotopic (exact) mass is 511 g/mol. The first kappa shape index (κ1) is 25.8. The Morgan fingerprint density at radius 3 is 2.44 bits per heavy atom. The normalized spacial score (nSPS) is 17.0. The highest BCUT2D eigenvalue weighted by Gasteiger charge is 2.37. The van der Waals surface area contributed by atoms with Crippen LogP contribution in [0.3, 0.4) is 0 Å². The summed E-state index contributed by atoms with van der Waals surface area (Å²) in [5.74, 6) is -1.07. The van der Waals surface area contributed by atoms with Crippen LogP contribution in [-0.4, -0.2) is 36.9 Å². The summed E-state index contributed by atoms with van der Waals surface area (Å²) in [6.45, 7) is 7.98. The Morgan fingerprint density at radius 2 is 1.78 bits per heavy atom. The Kier molecular flexibility index (Phi) is 7.42. The summed E-state index contributed by atoms with van der Waals surface area (Å²) in [6.07, 6.45) is 4.58. The first-order valence-electron chi connectivity index (χ1n) is 11.8. The van der Waals surface area contributed by atoms with Gasteiger partial charge in [-0.25, -0.2) is 12.8 Å². The molecule has 1 aromatic heterocycles. The van der Waals surface area contributed by atoms with Crippen molar-refractivity contribution in [2.75, 3.05) is 18.4 Å². The molecule has 1 saturated heterocycles. The van der Waals surface area contributed by atoms with Gasteiger partial charge in [0, 0.05) is 18.8 Å². The van der Waals surface area contributed by atoms with Gasteiger partial charge < -0.3 is 9.84 Å². The minimum absolute atomic E-state index is 0.0146. The maximum Gasteiger partial charge on any atom is 0.248 e. The number of nitrogens with one attached hydrogen (secondary N) is 1. The molecule has 0 bridgehead atoms. The van der Waals surface area contributed by atoms with E-state index in [1.807, 2.05) is 26.8 Å². The minimum Gasteiger partial charge on any atom is -0.355 e. The van der Waals surface area contributed by atoms with E-state index in [4.69, 9.17) is 4.52 Å². The summed E-state index contributed by atoms with van der Waals surface area (Å²) in [5, 5.41) is 6.68. The first-order valence-corrected chi connectivity index (χ1v) is 13.3. The van der Waals surface area contributed by atoms with Crippen molar-refractivity contribution in [2.45, 2.75) is 45.4 Å². The SMILES string of the molecule is Cc1cc(C)c(/C=C/c2onc(C)c2S(=O)(=O)N2CCCC(C(=O)Nc3ccc(F)cc3)C2)c(C)c1. The summed E-state index contributed by atoms with van der Waals surface area (Å²) in [6, 6.07) is 9.61. The molecule has 0 aliphatic carbocycles. The Balaban J connectivity index is 1.56. The summed E-state index contributed by atoms with van der Waals surface area (Å²) in [4.78, 5) is 12.8. The quantitative estimate of drug-likeness (QED) is 0.488. The number of carbonyl (C=O) groups is 1. The Bertz CT molecular complexity index is 1390. The van der Waals surface area contributed by atoms with Crippen LogP contribution in [0.2, 0.25) is 0 Å². The number of hydrogen-bond donors (Lipinski definition) is 1. The van der Waals surface area contributed by atoms with Gasteiger partial charge in [-0.3, -0.25) is 4.79 Å². The smallest absolute Gasteiger partial charge is 0.248 e. The van der Waals surface area contributed by atoms with Gasteiger partial charge in [-0.05, 0) is 87.6 Å². The van der Waals surface area contributed by atoms with Crippen LogP contribution in [0.25, 0.3) is 12.2 Å². The number of amides is 1. The fourth-order valence-corrected chi connectivity index (χ4v) is 6.47. The molecule has 0 saturated carbocycles. The van der Waals surface area contributed by atoms with Crippen LogP contribution in [-0.2, 0) is 14.8 Å². The van der Waals surface area contributed by atoms with E-state index in [0.29, 0.717) is 25.1 Å². The van der Waals surface area contributed by atoms with Crippen molar-refractivity contribution in [3.05, 3.63) is 75.9 Å². The number of piperidine rings is 1. The van der Waals surface area contributed by atoms with E-state index < -0.39 is 21.8 Å². The maximum absolute atomic E-state index is 13.7. The summed E-state index contributed by atoms with van der Waals surface area (Å²) in [5.41, 5.74) is 5.04. The van der Waals surface area contributed by atoms with E-state index in [1.54, 1.807) is 13.0 Å². The highest BCUT2D eigenvalue weighted by molar-refractivity contribution is 7.89. The van der Waals surface area contributed by atoms with Crippen LogP contribution in [0.15, 0.2) is 45.8 Å². The lowest BCUT2D eigenvalue weighted by Gasteiger charge is -2.31. The molecule has 1 atom stereocenters. The molecule has 2 heterocycles. The Morgan fingerprint density at radius 1 is 1.11 bits per heavy atom. The molecular weight excluding hydrogens is 481 g/mol. The van der Waals surface area contributed by atoms with Crippen LogP contribution in [0.1, 0.15) is 46.5 Å². The van der Waals surface area contributed by atoms with Gasteiger partial charge in [-0.1, -0.05) is 28.9 Å². The second-order valence-electron chi connectivity index (χ2n) is 9.31. The lowest BCUT2D eigenvalue weighted by Crippen LogP contribution is -2.43. The molecule has 0 spiro atoms. The van der Waals surface area contributed by atoms with Crippen molar-refractivity contribution in [1.82, 2.24) is 9.46 Å². The average Bonchev–Trinajstić information content (AvgIpc) is 3.21. The predicted octanol–water partition coefficient (Wildman–Crippen LogP) is 5.26. The standard InChI is InChI=1S/C27H30FN3O4S/c1-17-14-18(2)24(19(3)15-17)11-12-25-26(20(4)30-35-25)36(33,34)31-13-5-6-21(16-31)27(32)29-23-9-7-22(28)8-10-23/h7-12,14-15,21H,5-6,13,16H2,1-4H3,(H,29,32)/b12-11+. The topological polar surface area (TPSA) is 92.5 Å². The minimum atomic E-state index is -3.96. The third-order valence-corrected chi connectivity index (χ3v) is 8.46. The third-order valence-electron chi connectivity index (χ3n) is 6.44. The van der Waals surface area contributed by atoms with Crippen LogP contribution >= 0.6 is 0 Å². The molecule has 1 N–H and O–H groups in total. The van der Waals surface area contributed by atoms with Gasteiger partial charge in [0.05, 0.1) is 5.92 Å². The number of carbonyl (C=O) groups excluding carboxylic acids is 1. The molecule has 3 aromatic rings. The van der Waals surface area contributed by atoms with E-state index in [2.05, 4.69) is 22.6 Å². The van der Waals surface area contributed by atoms with Gasteiger partial charge in [0.2, 0.25) is 15.9 Å². The van der Waals surface area contributed by atoms with E-state index in [-0.39, 0.29) is 28.8 Å². The van der Waals surface area contributed by atoms with E-state index in [9.17, 15) is 17.6 Å². The van der Waals surface area contributed by atoms with Crippen molar-refractivity contribution < 1.29 is 22.1 Å². The molecule has 1 amide bonds. The van der Waals surface area contributed by atoms with Gasteiger partial charge in [0.25, 0.3) is 0 Å². The predicted molar refractivity (Wildman–Crippen MR) is 137 cm³/mol. The molecule has 1 fully saturated rings. The molecule has 190 valence electrons. The van der Waals surface area contributed by atoms with Crippen molar-refractivity contribution in [2.24, 2.45) is 5.92 Å². The summed E-state index contributed by atoms with van der Waals surface area (Å²) >= 11 is 0. The van der Waals surface area contributed by atoms with Crippen molar-refractivity contribution in [1.29, 1.82) is 0 Å². The van der Waals surface area contributed by atoms with Gasteiger partial charge in [0.1, 0.15) is 11.5 Å². The molecule has 7 nitrogen and oxygen atoms in total. The molecule has 1 aliphatic rings. The molecule has 36 heavy (non-hydrogen) atoms. The first-order chi connectivity index (χ1) is 17.1. The zero-order chi connectivity index (χ0) is 26.0. The molecule has 1 unspecified atom stereocenters. The zero-order valence-electron chi connectivity index (χ0n) is 20.8. The van der Waals surface area contributed by atoms with Crippen LogP contribution in [0, 0.1) is 39.4 Å². The summed E-state index contributed by atoms with van der Waals surface area (Å²) in [7, 11) is -3.96. The van der Waals surface area contributed by atoms with Gasteiger partial charge in [-0.15, -0.1) is 0 Å². The van der Waals surface area contributed by atoms with Crippen LogP contribution in [0.4, 0.5) is 10.1 Å². The van der Waals surface area contributed by atoms with Gasteiger partial charge in [0.15, 0.2) is 10.7 Å². The lowest BCUT2D eigenvalue weighted by molar-refractivity contribution is -0.120. The van der Waals surface area contributed by atoms with Gasteiger partial charge >= 0.3 is 0 Å². The number of hydrogen-bond acceptors (Lipinski definition) is 5. The molecular formula is C27H30FN3O4S. The van der Waals surface area contributed by atoms with Crippen LogP contribution < -0.4 is 5.32 Å². The number of aryl methyl sites for hydroxylation is 4. The number of nitrogens with zero attached hydrogens (tertiary/aromatic N) is 2. The van der Waals surface area contributed by atoms with Crippen molar-refractivity contribution >= 4 is 33.8 Å². The molecule has 1 aliphatic heterocycles. The number of sulfonamides is 1. The molecule has 4 rings (SSSR count). The Labute approximate surface area is 211 Å². The van der Waals surface area contributed by atoms with Crippen molar-refractivity contribution in [3.8, 4) is 0 Å². The average molecular weight is 512 g/mol. The number of rotatable bonds is 6. The number of anilines is 1. The largest absolute Gasteiger partial charge is 0.355 e. The number of benzene rings is 2. The van der Waals surface area contributed by atoms with E-state index >= 15 is 0 Å². The number of aromatic nitrogens is 1. The number of halogens is 1. The van der Waals surface area contributed by atoms with Gasteiger partial charge in [-0.2, -0.15) is 4.31 Å². The third kappa shape index (κ3) is 5.42. The highest BCUT2D eigenvalue weighted by atomic mass is 32.2. The van der Waals surface area contributed by atoms with E-state index in [0.717, 1.165) is 22.3 Å². The zero-order valence-corrected chi connectivity index (χ0v) is 21.7.